The monoisotopic (exact) mass is 243 g/mol. The molecular formula is C14H17N3O. The lowest BCUT2D eigenvalue weighted by Crippen LogP contribution is -2.06. The van der Waals surface area contributed by atoms with E-state index in [4.69, 9.17) is 10.5 Å². The fourth-order valence-electron chi connectivity index (χ4n) is 1.73. The van der Waals surface area contributed by atoms with Crippen LogP contribution in [0.4, 0.5) is 0 Å². The molecule has 0 aliphatic carbocycles. The lowest BCUT2D eigenvalue weighted by Gasteiger charge is -2.10. The van der Waals surface area contributed by atoms with E-state index in [0.29, 0.717) is 13.2 Å². The molecule has 0 amide bonds. The van der Waals surface area contributed by atoms with Crippen molar-refractivity contribution in [3.05, 3.63) is 53.1 Å². The van der Waals surface area contributed by atoms with Gasteiger partial charge in [-0.15, -0.1) is 0 Å². The van der Waals surface area contributed by atoms with Crippen molar-refractivity contribution < 1.29 is 4.74 Å². The summed E-state index contributed by atoms with van der Waals surface area (Å²) < 4.78 is 5.74. The zero-order chi connectivity index (χ0) is 13.0. The van der Waals surface area contributed by atoms with Gasteiger partial charge in [-0.1, -0.05) is 0 Å². The van der Waals surface area contributed by atoms with Crippen LogP contribution in [0, 0.1) is 13.8 Å². The number of aryl methyl sites for hydroxylation is 2. The van der Waals surface area contributed by atoms with Crippen molar-refractivity contribution in [1.82, 2.24) is 9.97 Å². The predicted octanol–water partition coefficient (Wildman–Crippen LogP) is 2.13. The average Bonchev–Trinajstić information content (AvgIpc) is 2.37. The van der Waals surface area contributed by atoms with Crippen LogP contribution in [0.2, 0.25) is 0 Å². The van der Waals surface area contributed by atoms with Crippen LogP contribution < -0.4 is 10.5 Å². The molecule has 2 aromatic rings. The minimum atomic E-state index is 0.378. The third-order valence-corrected chi connectivity index (χ3v) is 2.59. The Hall–Kier alpha value is -1.94. The largest absolute Gasteiger partial charge is 0.487 e. The van der Waals surface area contributed by atoms with E-state index >= 15 is 0 Å². The van der Waals surface area contributed by atoms with Crippen LogP contribution in [0.15, 0.2) is 30.6 Å². The summed E-state index contributed by atoms with van der Waals surface area (Å²) >= 11 is 0. The molecule has 0 radical (unpaired) electrons. The molecule has 2 N–H and O–H groups in total. The Morgan fingerprint density at radius 1 is 1.22 bits per heavy atom. The molecule has 4 nitrogen and oxygen atoms in total. The van der Waals surface area contributed by atoms with E-state index in [-0.39, 0.29) is 0 Å². The summed E-state index contributed by atoms with van der Waals surface area (Å²) in [6.45, 7) is 4.80. The molecule has 0 saturated carbocycles. The van der Waals surface area contributed by atoms with Gasteiger partial charge in [0.1, 0.15) is 12.4 Å². The van der Waals surface area contributed by atoms with Crippen molar-refractivity contribution in [3.8, 4) is 5.75 Å². The maximum Gasteiger partial charge on any atom is 0.142 e. The first-order chi connectivity index (χ1) is 8.69. The lowest BCUT2D eigenvalue weighted by atomic mass is 10.2. The lowest BCUT2D eigenvalue weighted by molar-refractivity contribution is 0.300. The Morgan fingerprint density at radius 3 is 2.78 bits per heavy atom. The Morgan fingerprint density at radius 2 is 2.06 bits per heavy atom. The molecular weight excluding hydrogens is 226 g/mol. The first-order valence-electron chi connectivity index (χ1n) is 5.89. The number of hydrogen-bond acceptors (Lipinski definition) is 4. The number of nitrogens with zero attached hydrogens (tertiary/aromatic N) is 2. The zero-order valence-electron chi connectivity index (χ0n) is 10.7. The quantitative estimate of drug-likeness (QED) is 0.893. The molecule has 18 heavy (non-hydrogen) atoms. The summed E-state index contributed by atoms with van der Waals surface area (Å²) in [5.74, 6) is 0.740. The fourth-order valence-corrected chi connectivity index (χ4v) is 1.73. The van der Waals surface area contributed by atoms with E-state index in [9.17, 15) is 0 Å². The highest BCUT2D eigenvalue weighted by molar-refractivity contribution is 5.29. The third kappa shape index (κ3) is 3.05. The predicted molar refractivity (Wildman–Crippen MR) is 70.2 cm³/mol. The Bertz CT molecular complexity index is 540. The molecule has 0 aromatic carbocycles. The van der Waals surface area contributed by atoms with Gasteiger partial charge in [-0.3, -0.25) is 9.97 Å². The molecule has 94 valence electrons. The summed E-state index contributed by atoms with van der Waals surface area (Å²) in [5.41, 5.74) is 9.55. The minimum absolute atomic E-state index is 0.378. The van der Waals surface area contributed by atoms with E-state index in [0.717, 1.165) is 28.3 Å². The summed E-state index contributed by atoms with van der Waals surface area (Å²) in [6, 6.07) is 5.88. The molecule has 2 rings (SSSR count). The maximum absolute atomic E-state index is 5.74. The average molecular weight is 243 g/mol. The van der Waals surface area contributed by atoms with Crippen molar-refractivity contribution in [1.29, 1.82) is 0 Å². The van der Waals surface area contributed by atoms with E-state index in [1.54, 1.807) is 6.20 Å². The highest BCUT2D eigenvalue weighted by Crippen LogP contribution is 2.18. The summed E-state index contributed by atoms with van der Waals surface area (Å²) in [6.07, 6.45) is 3.62. The van der Waals surface area contributed by atoms with Gasteiger partial charge in [0.2, 0.25) is 0 Å². The van der Waals surface area contributed by atoms with Gasteiger partial charge in [-0.2, -0.15) is 0 Å². The molecule has 2 aromatic heterocycles. The maximum atomic E-state index is 5.74. The molecule has 0 fully saturated rings. The highest BCUT2D eigenvalue weighted by atomic mass is 16.5. The van der Waals surface area contributed by atoms with Crippen LogP contribution in [0.25, 0.3) is 0 Å². The van der Waals surface area contributed by atoms with Crippen LogP contribution in [-0.4, -0.2) is 9.97 Å². The molecule has 0 unspecified atom stereocenters. The van der Waals surface area contributed by atoms with Crippen molar-refractivity contribution >= 4 is 0 Å². The summed E-state index contributed by atoms with van der Waals surface area (Å²) in [4.78, 5) is 8.49. The van der Waals surface area contributed by atoms with Crippen LogP contribution >= 0.6 is 0 Å². The van der Waals surface area contributed by atoms with Crippen LogP contribution in [0.5, 0.6) is 5.75 Å². The first kappa shape index (κ1) is 12.5. The van der Waals surface area contributed by atoms with Gasteiger partial charge >= 0.3 is 0 Å². The minimum Gasteiger partial charge on any atom is -0.487 e. The highest BCUT2D eigenvalue weighted by Gasteiger charge is 2.04. The van der Waals surface area contributed by atoms with Crippen LogP contribution in [0.3, 0.4) is 0 Å². The van der Waals surface area contributed by atoms with Gasteiger partial charge in [0.15, 0.2) is 0 Å². The van der Waals surface area contributed by atoms with E-state index < -0.39 is 0 Å². The number of ether oxygens (including phenoxy) is 1. The first-order valence-corrected chi connectivity index (χ1v) is 5.89. The molecule has 0 bridgehead atoms. The second kappa shape index (κ2) is 5.60. The van der Waals surface area contributed by atoms with Crippen LogP contribution in [-0.2, 0) is 13.2 Å². The zero-order valence-corrected chi connectivity index (χ0v) is 10.7. The number of rotatable bonds is 4. The van der Waals surface area contributed by atoms with E-state index in [2.05, 4.69) is 16.0 Å². The Labute approximate surface area is 107 Å². The standard InChI is InChI=1S/C14H17N3O/c1-10-5-12(8-16-7-10)9-18-14-4-3-11(2)17-13(14)6-15/h3-5,7-8H,6,9,15H2,1-2H3. The second-order valence-electron chi connectivity index (χ2n) is 4.26. The molecule has 4 heteroatoms. The summed E-state index contributed by atoms with van der Waals surface area (Å²) in [7, 11) is 0. The van der Waals surface area contributed by atoms with Gasteiger partial charge in [0.05, 0.1) is 5.69 Å². The Balaban J connectivity index is 2.10. The normalized spacial score (nSPS) is 10.4. The van der Waals surface area contributed by atoms with Gasteiger partial charge in [-0.25, -0.2) is 0 Å². The molecule has 0 saturated heterocycles. The number of nitrogens with two attached hydrogens (primary N) is 1. The number of pyridine rings is 2. The van der Waals surface area contributed by atoms with Gasteiger partial charge in [0.25, 0.3) is 0 Å². The van der Waals surface area contributed by atoms with E-state index in [1.807, 2.05) is 32.2 Å². The number of hydrogen-bond donors (Lipinski definition) is 1. The van der Waals surface area contributed by atoms with Crippen molar-refractivity contribution in [2.75, 3.05) is 0 Å². The van der Waals surface area contributed by atoms with Crippen LogP contribution in [0.1, 0.15) is 22.5 Å². The third-order valence-electron chi connectivity index (χ3n) is 2.59. The molecule has 0 aliphatic heterocycles. The number of aromatic nitrogens is 2. The van der Waals surface area contributed by atoms with Crippen molar-refractivity contribution in [2.24, 2.45) is 5.73 Å². The van der Waals surface area contributed by atoms with Crippen molar-refractivity contribution in [2.45, 2.75) is 27.0 Å². The van der Waals surface area contributed by atoms with Gasteiger partial charge in [0, 0.05) is 30.2 Å². The fraction of sp³-hybridized carbons (Fsp3) is 0.286. The smallest absolute Gasteiger partial charge is 0.142 e. The molecule has 0 aliphatic rings. The van der Waals surface area contributed by atoms with Crippen molar-refractivity contribution in [3.63, 3.8) is 0 Å². The second-order valence-corrected chi connectivity index (χ2v) is 4.26. The molecule has 0 atom stereocenters. The molecule has 2 heterocycles. The topological polar surface area (TPSA) is 61.0 Å². The summed E-state index contributed by atoms with van der Waals surface area (Å²) in [5, 5.41) is 0. The van der Waals surface area contributed by atoms with Gasteiger partial charge < -0.3 is 10.5 Å². The molecule has 0 spiro atoms. The Kier molecular flexibility index (Phi) is 3.89. The van der Waals surface area contributed by atoms with E-state index in [1.165, 1.54) is 0 Å². The SMILES string of the molecule is Cc1cncc(COc2ccc(C)nc2CN)c1. The van der Waals surface area contributed by atoms with Gasteiger partial charge in [-0.05, 0) is 37.6 Å².